The lowest BCUT2D eigenvalue weighted by Gasteiger charge is -2.10. The van der Waals surface area contributed by atoms with Crippen molar-refractivity contribution in [2.24, 2.45) is 0 Å². The third-order valence-corrected chi connectivity index (χ3v) is 3.87. The Labute approximate surface area is 121 Å². The standard InChI is InChI=1S/C17H16F2N2/c1-10-5-16-15(11(2)17(10)20)3-4-21(16)9-12-6-13(18)8-14(19)7-12/h3-8H,9,20H2,1-2H3. The third-order valence-electron chi connectivity index (χ3n) is 3.87. The summed E-state index contributed by atoms with van der Waals surface area (Å²) < 4.78 is 28.5. The zero-order valence-corrected chi connectivity index (χ0v) is 12.0. The number of benzene rings is 2. The number of nitrogens with two attached hydrogens (primary N) is 1. The highest BCUT2D eigenvalue weighted by molar-refractivity contribution is 5.89. The molecule has 0 bridgehead atoms. The van der Waals surface area contributed by atoms with Gasteiger partial charge in [-0.05, 0) is 54.8 Å². The maximum absolute atomic E-state index is 13.3. The van der Waals surface area contributed by atoms with Gasteiger partial charge in [0.05, 0.1) is 0 Å². The van der Waals surface area contributed by atoms with Gasteiger partial charge < -0.3 is 10.3 Å². The molecule has 2 aromatic carbocycles. The fourth-order valence-corrected chi connectivity index (χ4v) is 2.72. The second kappa shape index (κ2) is 4.88. The molecular formula is C17H16F2N2. The van der Waals surface area contributed by atoms with Crippen molar-refractivity contribution in [3.8, 4) is 0 Å². The summed E-state index contributed by atoms with van der Waals surface area (Å²) in [5.41, 5.74) is 10.5. The Morgan fingerprint density at radius 2 is 1.71 bits per heavy atom. The highest BCUT2D eigenvalue weighted by Gasteiger charge is 2.10. The average Bonchev–Trinajstić information content (AvgIpc) is 2.78. The van der Waals surface area contributed by atoms with Gasteiger partial charge in [-0.3, -0.25) is 0 Å². The maximum atomic E-state index is 13.3. The molecule has 0 saturated carbocycles. The molecule has 0 aliphatic heterocycles. The number of rotatable bonds is 2. The van der Waals surface area contributed by atoms with E-state index < -0.39 is 11.6 Å². The normalized spacial score (nSPS) is 11.2. The third kappa shape index (κ3) is 2.37. The van der Waals surface area contributed by atoms with E-state index in [0.29, 0.717) is 12.1 Å². The molecule has 4 heteroatoms. The Kier molecular flexibility index (Phi) is 3.16. The number of hydrogen-bond acceptors (Lipinski definition) is 1. The SMILES string of the molecule is Cc1cc2c(ccn2Cc2cc(F)cc(F)c2)c(C)c1N. The van der Waals surface area contributed by atoms with Crippen molar-refractivity contribution in [2.45, 2.75) is 20.4 Å². The number of nitrogens with zero attached hydrogens (tertiary/aromatic N) is 1. The van der Waals surface area contributed by atoms with Crippen molar-refractivity contribution >= 4 is 16.6 Å². The van der Waals surface area contributed by atoms with Crippen LogP contribution < -0.4 is 5.73 Å². The summed E-state index contributed by atoms with van der Waals surface area (Å²) in [6, 6.07) is 7.58. The molecule has 0 atom stereocenters. The summed E-state index contributed by atoms with van der Waals surface area (Å²) in [5, 5.41) is 1.06. The van der Waals surface area contributed by atoms with Gasteiger partial charge in [-0.2, -0.15) is 0 Å². The average molecular weight is 286 g/mol. The van der Waals surface area contributed by atoms with E-state index in [4.69, 9.17) is 5.73 Å². The van der Waals surface area contributed by atoms with Gasteiger partial charge in [-0.15, -0.1) is 0 Å². The lowest BCUT2D eigenvalue weighted by Crippen LogP contribution is -2.01. The monoisotopic (exact) mass is 286 g/mol. The first-order chi connectivity index (χ1) is 9.95. The van der Waals surface area contributed by atoms with E-state index in [9.17, 15) is 8.78 Å². The molecule has 1 aromatic heterocycles. The van der Waals surface area contributed by atoms with Crippen LogP contribution in [-0.4, -0.2) is 4.57 Å². The summed E-state index contributed by atoms with van der Waals surface area (Å²) in [6.45, 7) is 4.36. The number of fused-ring (bicyclic) bond motifs is 1. The molecule has 2 N–H and O–H groups in total. The van der Waals surface area contributed by atoms with Crippen molar-refractivity contribution < 1.29 is 8.78 Å². The molecule has 0 saturated heterocycles. The van der Waals surface area contributed by atoms with Crippen LogP contribution in [0.3, 0.4) is 0 Å². The van der Waals surface area contributed by atoms with Gasteiger partial charge >= 0.3 is 0 Å². The van der Waals surface area contributed by atoms with E-state index >= 15 is 0 Å². The van der Waals surface area contributed by atoms with Gasteiger partial charge in [0.25, 0.3) is 0 Å². The Balaban J connectivity index is 2.09. The summed E-state index contributed by atoms with van der Waals surface area (Å²) in [7, 11) is 0. The van der Waals surface area contributed by atoms with E-state index in [1.54, 1.807) is 0 Å². The number of nitrogen functional groups attached to an aromatic ring is 1. The van der Waals surface area contributed by atoms with Crippen LogP contribution in [0.1, 0.15) is 16.7 Å². The summed E-state index contributed by atoms with van der Waals surface area (Å²) in [6.07, 6.45) is 1.92. The molecule has 0 spiro atoms. The molecule has 0 amide bonds. The number of aryl methyl sites for hydroxylation is 2. The van der Waals surface area contributed by atoms with Crippen molar-refractivity contribution in [3.05, 3.63) is 64.9 Å². The molecule has 3 rings (SSSR count). The highest BCUT2D eigenvalue weighted by atomic mass is 19.1. The quantitative estimate of drug-likeness (QED) is 0.704. The van der Waals surface area contributed by atoms with Gasteiger partial charge in [0, 0.05) is 35.4 Å². The molecule has 3 aromatic rings. The summed E-state index contributed by atoms with van der Waals surface area (Å²) in [4.78, 5) is 0. The van der Waals surface area contributed by atoms with Crippen LogP contribution in [-0.2, 0) is 6.54 Å². The van der Waals surface area contributed by atoms with Crippen LogP contribution >= 0.6 is 0 Å². The summed E-state index contributed by atoms with van der Waals surface area (Å²) >= 11 is 0. The molecule has 1 heterocycles. The molecule has 21 heavy (non-hydrogen) atoms. The maximum Gasteiger partial charge on any atom is 0.126 e. The second-order valence-electron chi connectivity index (χ2n) is 5.39. The minimum absolute atomic E-state index is 0.418. The molecule has 2 nitrogen and oxygen atoms in total. The van der Waals surface area contributed by atoms with Gasteiger partial charge in [-0.25, -0.2) is 8.78 Å². The van der Waals surface area contributed by atoms with E-state index in [1.807, 2.05) is 36.7 Å². The van der Waals surface area contributed by atoms with Crippen LogP contribution in [0.4, 0.5) is 14.5 Å². The van der Waals surface area contributed by atoms with Crippen LogP contribution in [0, 0.1) is 25.5 Å². The number of aromatic nitrogens is 1. The largest absolute Gasteiger partial charge is 0.398 e. The van der Waals surface area contributed by atoms with Crippen molar-refractivity contribution in [2.75, 3.05) is 5.73 Å². The molecule has 108 valence electrons. The Morgan fingerprint density at radius 1 is 1.05 bits per heavy atom. The number of hydrogen-bond donors (Lipinski definition) is 1. The van der Waals surface area contributed by atoms with E-state index in [1.165, 1.54) is 12.1 Å². The number of halogens is 2. The van der Waals surface area contributed by atoms with Gasteiger partial charge in [0.15, 0.2) is 0 Å². The molecule has 0 fully saturated rings. The summed E-state index contributed by atoms with van der Waals surface area (Å²) in [5.74, 6) is -1.11. The molecule has 0 radical (unpaired) electrons. The lowest BCUT2D eigenvalue weighted by molar-refractivity contribution is 0.578. The van der Waals surface area contributed by atoms with Crippen LogP contribution in [0.2, 0.25) is 0 Å². The minimum atomic E-state index is -0.557. The first kappa shape index (κ1) is 13.6. The first-order valence-electron chi connectivity index (χ1n) is 6.75. The Morgan fingerprint density at radius 3 is 2.38 bits per heavy atom. The van der Waals surface area contributed by atoms with Crippen molar-refractivity contribution in [3.63, 3.8) is 0 Å². The van der Waals surface area contributed by atoms with Crippen LogP contribution in [0.5, 0.6) is 0 Å². The number of anilines is 1. The fourth-order valence-electron chi connectivity index (χ4n) is 2.72. The fraction of sp³-hybridized carbons (Fsp3) is 0.176. The van der Waals surface area contributed by atoms with Crippen molar-refractivity contribution in [1.29, 1.82) is 0 Å². The van der Waals surface area contributed by atoms with Gasteiger partial charge in [0.2, 0.25) is 0 Å². The second-order valence-corrected chi connectivity index (χ2v) is 5.39. The first-order valence-corrected chi connectivity index (χ1v) is 6.75. The van der Waals surface area contributed by atoms with E-state index in [2.05, 4.69) is 0 Å². The minimum Gasteiger partial charge on any atom is -0.398 e. The Hall–Kier alpha value is -2.36. The predicted octanol–water partition coefficient (Wildman–Crippen LogP) is 4.17. The molecule has 0 unspecified atom stereocenters. The Bertz CT molecular complexity index is 814. The topological polar surface area (TPSA) is 30.9 Å². The van der Waals surface area contributed by atoms with Crippen LogP contribution in [0.25, 0.3) is 10.9 Å². The molecular weight excluding hydrogens is 270 g/mol. The van der Waals surface area contributed by atoms with E-state index in [0.717, 1.165) is 33.8 Å². The zero-order chi connectivity index (χ0) is 15.1. The highest BCUT2D eigenvalue weighted by Crippen LogP contribution is 2.28. The predicted molar refractivity (Wildman–Crippen MR) is 81.3 cm³/mol. The molecule has 0 aliphatic carbocycles. The van der Waals surface area contributed by atoms with E-state index in [-0.39, 0.29) is 0 Å². The van der Waals surface area contributed by atoms with Crippen LogP contribution in [0.15, 0.2) is 36.5 Å². The lowest BCUT2D eigenvalue weighted by atomic mass is 10.1. The van der Waals surface area contributed by atoms with Gasteiger partial charge in [-0.1, -0.05) is 0 Å². The zero-order valence-electron chi connectivity index (χ0n) is 12.0. The van der Waals surface area contributed by atoms with Crippen molar-refractivity contribution in [1.82, 2.24) is 4.57 Å². The van der Waals surface area contributed by atoms with Gasteiger partial charge in [0.1, 0.15) is 11.6 Å². The molecule has 0 aliphatic rings. The smallest absolute Gasteiger partial charge is 0.126 e.